The molecule has 1 fully saturated rings. The van der Waals surface area contributed by atoms with Gasteiger partial charge in [0, 0.05) is 19.3 Å². The number of hydrogen-bond donors (Lipinski definition) is 3. The van der Waals surface area contributed by atoms with Gasteiger partial charge in [-0.05, 0) is 77.0 Å². The fraction of sp³-hybridized carbons (Fsp3) is 0.789. The van der Waals surface area contributed by atoms with Crippen molar-refractivity contribution in [3.8, 4) is 0 Å². The lowest BCUT2D eigenvalue weighted by molar-refractivity contribution is -0.301. The second-order valence-electron chi connectivity index (χ2n) is 18.9. The molecular weight excluding hydrogens is 877 g/mol. The van der Waals surface area contributed by atoms with E-state index in [9.17, 15) is 34.5 Å². The van der Waals surface area contributed by atoms with Gasteiger partial charge in [0.1, 0.15) is 18.8 Å². The van der Waals surface area contributed by atoms with Crippen LogP contribution in [-0.2, 0) is 42.9 Å². The number of aliphatic hydroxyl groups is 2. The Morgan fingerprint density at radius 3 is 1.39 bits per heavy atom. The third kappa shape index (κ3) is 36.3. The first-order chi connectivity index (χ1) is 33.6. The molecule has 0 amide bonds. The van der Waals surface area contributed by atoms with E-state index in [2.05, 4.69) is 69.4 Å². The number of aliphatic carboxylic acids is 1. The van der Waals surface area contributed by atoms with Gasteiger partial charge in [-0.3, -0.25) is 14.4 Å². The summed E-state index contributed by atoms with van der Waals surface area (Å²) in [5.74, 6) is -3.15. The van der Waals surface area contributed by atoms with Gasteiger partial charge in [0.05, 0.1) is 6.61 Å². The van der Waals surface area contributed by atoms with Gasteiger partial charge >= 0.3 is 23.9 Å². The van der Waals surface area contributed by atoms with E-state index in [1.54, 1.807) is 0 Å². The predicted octanol–water partition coefficient (Wildman–Crippen LogP) is 13.4. The van der Waals surface area contributed by atoms with Crippen molar-refractivity contribution in [2.45, 2.75) is 276 Å². The van der Waals surface area contributed by atoms with E-state index in [0.717, 1.165) is 122 Å². The topological polar surface area (TPSA) is 175 Å². The summed E-state index contributed by atoms with van der Waals surface area (Å²) < 4.78 is 28.3. The molecule has 1 rings (SSSR count). The van der Waals surface area contributed by atoms with Gasteiger partial charge in [-0.1, -0.05) is 191 Å². The van der Waals surface area contributed by atoms with E-state index in [0.29, 0.717) is 19.3 Å². The molecule has 69 heavy (non-hydrogen) atoms. The van der Waals surface area contributed by atoms with Crippen molar-refractivity contribution in [3.63, 3.8) is 0 Å². The molecule has 0 bridgehead atoms. The van der Waals surface area contributed by atoms with Crippen LogP contribution >= 0.6 is 0 Å². The van der Waals surface area contributed by atoms with E-state index >= 15 is 0 Å². The van der Waals surface area contributed by atoms with Crippen molar-refractivity contribution in [3.05, 3.63) is 48.6 Å². The zero-order valence-corrected chi connectivity index (χ0v) is 43.6. The Bertz CT molecular complexity index is 1390. The van der Waals surface area contributed by atoms with Crippen LogP contribution in [0.4, 0.5) is 0 Å². The Hall–Kier alpha value is -3.32. The number of esters is 3. The van der Waals surface area contributed by atoms with Gasteiger partial charge in [-0.2, -0.15) is 0 Å². The molecular formula is C57H98O12. The van der Waals surface area contributed by atoms with Crippen molar-refractivity contribution in [1.29, 1.82) is 0 Å². The molecule has 3 N–H and O–H groups in total. The maximum atomic E-state index is 13.1. The highest BCUT2D eigenvalue weighted by molar-refractivity contribution is 5.74. The Labute approximate surface area is 418 Å². The van der Waals surface area contributed by atoms with Crippen LogP contribution in [0.3, 0.4) is 0 Å². The van der Waals surface area contributed by atoms with Gasteiger partial charge < -0.3 is 39.0 Å². The molecule has 12 nitrogen and oxygen atoms in total. The third-order valence-corrected chi connectivity index (χ3v) is 12.4. The fourth-order valence-corrected chi connectivity index (χ4v) is 8.08. The number of carboxylic acid groups (broad SMARTS) is 1. The van der Waals surface area contributed by atoms with E-state index < -0.39 is 67.3 Å². The minimum Gasteiger partial charge on any atom is -0.479 e. The van der Waals surface area contributed by atoms with Crippen molar-refractivity contribution < 1.29 is 58.2 Å². The van der Waals surface area contributed by atoms with Crippen LogP contribution in [0, 0.1) is 0 Å². The third-order valence-electron chi connectivity index (χ3n) is 12.4. The zero-order valence-electron chi connectivity index (χ0n) is 43.6. The molecule has 6 atom stereocenters. The van der Waals surface area contributed by atoms with Crippen LogP contribution in [0.25, 0.3) is 0 Å². The van der Waals surface area contributed by atoms with Crippen LogP contribution in [0.5, 0.6) is 0 Å². The van der Waals surface area contributed by atoms with Crippen molar-refractivity contribution in [2.24, 2.45) is 0 Å². The Kier molecular flexibility index (Phi) is 42.3. The number of carboxylic acids is 1. The minimum absolute atomic E-state index is 0.0599. The number of unbranched alkanes of at least 4 members (excludes halogenated alkanes) is 24. The molecule has 0 radical (unpaired) electrons. The molecule has 398 valence electrons. The summed E-state index contributed by atoms with van der Waals surface area (Å²) in [6.45, 7) is 5.85. The van der Waals surface area contributed by atoms with Crippen LogP contribution in [0.1, 0.15) is 239 Å². The highest BCUT2D eigenvalue weighted by atomic mass is 16.7. The quantitative estimate of drug-likeness (QED) is 0.0228. The van der Waals surface area contributed by atoms with Gasteiger partial charge in [0.25, 0.3) is 0 Å². The monoisotopic (exact) mass is 975 g/mol. The second kappa shape index (κ2) is 45.8. The molecule has 1 aliphatic rings. The van der Waals surface area contributed by atoms with E-state index in [-0.39, 0.29) is 25.9 Å². The maximum Gasteiger partial charge on any atom is 0.335 e. The smallest absolute Gasteiger partial charge is 0.335 e. The molecule has 6 unspecified atom stereocenters. The Balaban J connectivity index is 2.73. The number of rotatable bonds is 46. The van der Waals surface area contributed by atoms with E-state index in [4.69, 9.17) is 23.7 Å². The standard InChI is InChI=1S/C57H98O12/c1-4-7-10-13-16-19-22-24-25-27-29-31-34-37-40-43-49(58)65-46-48(67-50(59)44-41-38-35-33-30-26-23-20-17-14-11-8-5-2)47-66-57-55(53(62)52(61)54(69-57)56(63)64)68-51(60)45-42-39-36-32-28-21-18-15-12-9-6-3/h11,14,16,19-20,23-25,48,52-55,57,61-62H,4-10,12-13,15,17-18,21-22,26-47H2,1-3H3,(H,63,64)/b14-11-,19-16-,23-20-,25-24-. The van der Waals surface area contributed by atoms with Crippen molar-refractivity contribution in [2.75, 3.05) is 13.2 Å². The average Bonchev–Trinajstić information content (AvgIpc) is 3.33. The van der Waals surface area contributed by atoms with Crippen molar-refractivity contribution in [1.82, 2.24) is 0 Å². The van der Waals surface area contributed by atoms with Crippen LogP contribution < -0.4 is 0 Å². The first-order valence-corrected chi connectivity index (χ1v) is 27.6. The van der Waals surface area contributed by atoms with Gasteiger partial charge in [0.2, 0.25) is 0 Å². The number of hydrogen-bond acceptors (Lipinski definition) is 11. The molecule has 0 aromatic rings. The van der Waals surface area contributed by atoms with Gasteiger partial charge in [-0.15, -0.1) is 0 Å². The number of carbonyl (C=O) groups excluding carboxylic acids is 3. The normalized spacial score (nSPS) is 19.0. The molecule has 1 saturated heterocycles. The summed E-state index contributed by atoms with van der Waals surface area (Å²) in [7, 11) is 0. The Morgan fingerprint density at radius 2 is 0.899 bits per heavy atom. The molecule has 0 aromatic carbocycles. The van der Waals surface area contributed by atoms with Gasteiger partial charge in [-0.25, -0.2) is 4.79 Å². The lowest BCUT2D eigenvalue weighted by Gasteiger charge is -2.40. The Morgan fingerprint density at radius 1 is 0.478 bits per heavy atom. The minimum atomic E-state index is -1.90. The van der Waals surface area contributed by atoms with E-state index in [1.807, 2.05) is 0 Å². The molecule has 0 spiro atoms. The summed E-state index contributed by atoms with van der Waals surface area (Å²) in [5, 5.41) is 31.3. The van der Waals surface area contributed by atoms with Gasteiger partial charge in [0.15, 0.2) is 24.6 Å². The molecule has 1 aliphatic heterocycles. The lowest BCUT2D eigenvalue weighted by atomic mass is 9.98. The molecule has 1 heterocycles. The summed E-state index contributed by atoms with van der Waals surface area (Å²) in [6.07, 6.45) is 40.9. The molecule has 12 heteroatoms. The number of carbonyl (C=O) groups is 4. The lowest BCUT2D eigenvalue weighted by Crippen LogP contribution is -2.61. The average molecular weight is 975 g/mol. The summed E-state index contributed by atoms with van der Waals surface area (Å²) in [5.41, 5.74) is 0. The van der Waals surface area contributed by atoms with Crippen LogP contribution in [-0.4, -0.2) is 89.2 Å². The second-order valence-corrected chi connectivity index (χ2v) is 18.9. The van der Waals surface area contributed by atoms with Crippen LogP contribution in [0.15, 0.2) is 48.6 Å². The maximum absolute atomic E-state index is 13.1. The van der Waals surface area contributed by atoms with Crippen molar-refractivity contribution >= 4 is 23.9 Å². The summed E-state index contributed by atoms with van der Waals surface area (Å²) in [4.78, 5) is 50.9. The largest absolute Gasteiger partial charge is 0.479 e. The highest BCUT2D eigenvalue weighted by Crippen LogP contribution is 2.26. The number of ether oxygens (including phenoxy) is 5. The zero-order chi connectivity index (χ0) is 50.4. The number of allylic oxidation sites excluding steroid dienone is 8. The first-order valence-electron chi connectivity index (χ1n) is 27.6. The molecule has 0 saturated carbocycles. The molecule has 0 aliphatic carbocycles. The highest BCUT2D eigenvalue weighted by Gasteiger charge is 2.50. The summed E-state index contributed by atoms with van der Waals surface area (Å²) >= 11 is 0. The fourth-order valence-electron chi connectivity index (χ4n) is 8.08. The predicted molar refractivity (Wildman–Crippen MR) is 276 cm³/mol. The summed E-state index contributed by atoms with van der Waals surface area (Å²) in [6, 6.07) is 0. The van der Waals surface area contributed by atoms with Crippen LogP contribution in [0.2, 0.25) is 0 Å². The molecule has 0 aromatic heterocycles. The number of aliphatic hydroxyl groups excluding tert-OH is 2. The first kappa shape index (κ1) is 63.7. The van der Waals surface area contributed by atoms with E-state index in [1.165, 1.54) is 57.8 Å². The SMILES string of the molecule is CCC/C=C\C/C=C\CCCCCCCC(=O)OC(COC(=O)CCCCCCC/C=C\C/C=C\CCCCC)COC1OC(C(=O)O)C(O)C(O)C1OC(=O)CCCCCCCCCCCCC.